The SMILES string of the molecule is C#Cc1ccc(C(C(=O)Nc2ccccc2C)N(C(=O)C(NC(=O)OC(C)(C)C)C(C)CC)C(C)CCC(C)C)cc1. The van der Waals surface area contributed by atoms with Crippen molar-refractivity contribution in [3.05, 3.63) is 65.2 Å². The number of benzene rings is 2. The van der Waals surface area contributed by atoms with Crippen LogP contribution in [0.3, 0.4) is 0 Å². The van der Waals surface area contributed by atoms with Crippen LogP contribution < -0.4 is 10.6 Å². The van der Waals surface area contributed by atoms with E-state index in [0.717, 1.165) is 12.0 Å². The molecule has 0 aliphatic rings. The van der Waals surface area contributed by atoms with Gasteiger partial charge >= 0.3 is 6.09 Å². The molecule has 4 unspecified atom stereocenters. The maximum atomic E-state index is 14.6. The lowest BCUT2D eigenvalue weighted by molar-refractivity contribution is -0.144. The largest absolute Gasteiger partial charge is 0.444 e. The number of hydrogen-bond acceptors (Lipinski definition) is 4. The Morgan fingerprint density at radius 3 is 2.12 bits per heavy atom. The maximum Gasteiger partial charge on any atom is 0.408 e. The molecule has 228 valence electrons. The van der Waals surface area contributed by atoms with Crippen LogP contribution in [0.5, 0.6) is 0 Å². The molecule has 0 aromatic heterocycles. The van der Waals surface area contributed by atoms with Gasteiger partial charge in [0.1, 0.15) is 17.7 Å². The van der Waals surface area contributed by atoms with Gasteiger partial charge in [0.25, 0.3) is 5.91 Å². The van der Waals surface area contributed by atoms with Gasteiger partial charge in [-0.3, -0.25) is 9.59 Å². The molecule has 0 spiro atoms. The number of hydrogen-bond donors (Lipinski definition) is 2. The van der Waals surface area contributed by atoms with E-state index in [1.165, 1.54) is 0 Å². The first kappa shape index (κ1) is 34.4. The van der Waals surface area contributed by atoms with Crippen molar-refractivity contribution >= 4 is 23.6 Å². The number of terminal acetylenes is 1. The minimum atomic E-state index is -0.974. The fourth-order valence-electron chi connectivity index (χ4n) is 4.70. The van der Waals surface area contributed by atoms with E-state index in [2.05, 4.69) is 30.4 Å². The van der Waals surface area contributed by atoms with Crippen LogP contribution in [0.2, 0.25) is 0 Å². The summed E-state index contributed by atoms with van der Waals surface area (Å²) in [6, 6.07) is 12.5. The molecule has 2 N–H and O–H groups in total. The van der Waals surface area contributed by atoms with Crippen LogP contribution in [0, 0.1) is 31.1 Å². The quantitative estimate of drug-likeness (QED) is 0.261. The minimum Gasteiger partial charge on any atom is -0.444 e. The molecule has 0 bridgehead atoms. The van der Waals surface area contributed by atoms with Gasteiger partial charge in [-0.2, -0.15) is 0 Å². The molecule has 2 aromatic carbocycles. The molecule has 0 aliphatic heterocycles. The highest BCUT2D eigenvalue weighted by Crippen LogP contribution is 2.30. The molecule has 0 saturated carbocycles. The van der Waals surface area contributed by atoms with Crippen LogP contribution in [0.1, 0.15) is 97.4 Å². The van der Waals surface area contributed by atoms with Crippen molar-refractivity contribution in [2.75, 3.05) is 5.32 Å². The Bertz CT molecular complexity index is 1240. The Kier molecular flexibility index (Phi) is 12.7. The number of para-hydroxylation sites is 1. The summed E-state index contributed by atoms with van der Waals surface area (Å²) in [4.78, 5) is 43.4. The second-order valence-electron chi connectivity index (χ2n) is 12.5. The molecular weight excluding hydrogens is 526 g/mol. The van der Waals surface area contributed by atoms with Crippen molar-refractivity contribution in [2.45, 2.75) is 105 Å². The monoisotopic (exact) mass is 575 g/mol. The molecule has 0 aliphatic carbocycles. The Morgan fingerprint density at radius 1 is 0.976 bits per heavy atom. The zero-order valence-corrected chi connectivity index (χ0v) is 26.8. The maximum absolute atomic E-state index is 14.6. The van der Waals surface area contributed by atoms with Crippen molar-refractivity contribution in [1.82, 2.24) is 10.2 Å². The smallest absolute Gasteiger partial charge is 0.408 e. The number of ether oxygens (including phenoxy) is 1. The Hall–Kier alpha value is -3.79. The molecule has 4 atom stereocenters. The number of carbonyl (C=O) groups is 3. The molecule has 2 rings (SSSR count). The molecule has 0 radical (unpaired) electrons. The van der Waals surface area contributed by atoms with Crippen molar-refractivity contribution < 1.29 is 19.1 Å². The summed E-state index contributed by atoms with van der Waals surface area (Å²) < 4.78 is 5.52. The normalized spacial score (nSPS) is 14.2. The standard InChI is InChI=1S/C35H49N3O4/c1-11-24(5)30(37-34(41)42-35(8,9)10)33(40)38(26(7)18-17-23(3)4)31(28-21-19-27(12-2)20-22-28)32(39)36-29-16-14-13-15-25(29)6/h2,13-16,19-24,26,30-31H,11,17-18H2,1,3-10H3,(H,36,39)(H,37,41). The number of anilines is 1. The van der Waals surface area contributed by atoms with E-state index < -0.39 is 23.8 Å². The highest BCUT2D eigenvalue weighted by Gasteiger charge is 2.40. The van der Waals surface area contributed by atoms with Gasteiger partial charge in [-0.1, -0.05) is 70.4 Å². The van der Waals surface area contributed by atoms with E-state index >= 15 is 0 Å². The lowest BCUT2D eigenvalue weighted by Crippen LogP contribution is -2.57. The Morgan fingerprint density at radius 2 is 1.60 bits per heavy atom. The zero-order valence-electron chi connectivity index (χ0n) is 26.8. The predicted molar refractivity (Wildman–Crippen MR) is 170 cm³/mol. The molecular formula is C35H49N3O4. The molecule has 0 fully saturated rings. The summed E-state index contributed by atoms with van der Waals surface area (Å²) in [7, 11) is 0. The fraction of sp³-hybridized carbons (Fsp3) is 0.514. The Balaban J connectivity index is 2.68. The van der Waals surface area contributed by atoms with Gasteiger partial charge in [0, 0.05) is 17.3 Å². The van der Waals surface area contributed by atoms with Crippen LogP contribution in [-0.4, -0.2) is 40.5 Å². The number of rotatable bonds is 12. The Labute approximate surface area is 252 Å². The molecule has 2 aromatic rings. The summed E-state index contributed by atoms with van der Waals surface area (Å²) in [5, 5.41) is 5.90. The van der Waals surface area contributed by atoms with Crippen LogP contribution in [0.25, 0.3) is 0 Å². The highest BCUT2D eigenvalue weighted by atomic mass is 16.6. The van der Waals surface area contributed by atoms with Gasteiger partial charge in [0.2, 0.25) is 5.91 Å². The second kappa shape index (κ2) is 15.4. The number of alkyl carbamates (subject to hydrolysis) is 1. The molecule has 0 heterocycles. The van der Waals surface area contributed by atoms with Gasteiger partial charge < -0.3 is 20.3 Å². The number of carbonyl (C=O) groups excluding carboxylic acids is 3. The van der Waals surface area contributed by atoms with E-state index in [4.69, 9.17) is 11.2 Å². The van der Waals surface area contributed by atoms with Crippen molar-refractivity contribution in [3.8, 4) is 12.3 Å². The number of aryl methyl sites for hydroxylation is 1. The van der Waals surface area contributed by atoms with Crippen LogP contribution in [0.15, 0.2) is 48.5 Å². The van der Waals surface area contributed by atoms with Gasteiger partial charge in [-0.05, 0) is 88.6 Å². The predicted octanol–water partition coefficient (Wildman–Crippen LogP) is 7.25. The van der Waals surface area contributed by atoms with Crippen molar-refractivity contribution in [3.63, 3.8) is 0 Å². The second-order valence-corrected chi connectivity index (χ2v) is 12.5. The van der Waals surface area contributed by atoms with E-state index in [1.54, 1.807) is 49.9 Å². The minimum absolute atomic E-state index is 0.214. The summed E-state index contributed by atoms with van der Waals surface area (Å²) in [5.74, 6) is 2.13. The van der Waals surface area contributed by atoms with Gasteiger partial charge in [0.05, 0.1) is 0 Å². The topological polar surface area (TPSA) is 87.7 Å². The molecule has 0 saturated heterocycles. The molecule has 42 heavy (non-hydrogen) atoms. The van der Waals surface area contributed by atoms with Gasteiger partial charge in [-0.15, -0.1) is 6.42 Å². The van der Waals surface area contributed by atoms with Crippen molar-refractivity contribution in [1.29, 1.82) is 0 Å². The van der Waals surface area contributed by atoms with E-state index in [9.17, 15) is 14.4 Å². The van der Waals surface area contributed by atoms with Crippen LogP contribution >= 0.6 is 0 Å². The van der Waals surface area contributed by atoms with Crippen molar-refractivity contribution in [2.24, 2.45) is 11.8 Å². The number of nitrogens with zero attached hydrogens (tertiary/aromatic N) is 1. The van der Waals surface area contributed by atoms with Gasteiger partial charge in [-0.25, -0.2) is 4.79 Å². The number of nitrogens with one attached hydrogen (secondary N) is 2. The lowest BCUT2D eigenvalue weighted by atomic mass is 9.93. The lowest BCUT2D eigenvalue weighted by Gasteiger charge is -2.40. The molecule has 7 heteroatoms. The summed E-state index contributed by atoms with van der Waals surface area (Å²) >= 11 is 0. The zero-order chi connectivity index (χ0) is 31.6. The average molecular weight is 576 g/mol. The number of amides is 3. The first-order valence-corrected chi connectivity index (χ1v) is 14.9. The first-order chi connectivity index (χ1) is 19.7. The molecule has 3 amide bonds. The van der Waals surface area contributed by atoms with E-state index in [0.29, 0.717) is 35.6 Å². The fourth-order valence-corrected chi connectivity index (χ4v) is 4.70. The summed E-state index contributed by atoms with van der Waals surface area (Å²) in [6.45, 7) is 17.4. The average Bonchev–Trinajstić information content (AvgIpc) is 2.92. The summed E-state index contributed by atoms with van der Waals surface area (Å²) in [5.41, 5.74) is 2.14. The highest BCUT2D eigenvalue weighted by molar-refractivity contribution is 5.99. The van der Waals surface area contributed by atoms with Gasteiger partial charge in [0.15, 0.2) is 0 Å². The summed E-state index contributed by atoms with van der Waals surface area (Å²) in [6.07, 6.45) is 7.12. The first-order valence-electron chi connectivity index (χ1n) is 14.9. The third kappa shape index (κ3) is 9.94. The van der Waals surface area contributed by atoms with Crippen LogP contribution in [0.4, 0.5) is 10.5 Å². The third-order valence-electron chi connectivity index (χ3n) is 7.36. The van der Waals surface area contributed by atoms with E-state index in [1.807, 2.05) is 52.0 Å². The third-order valence-corrected chi connectivity index (χ3v) is 7.36. The van der Waals surface area contributed by atoms with Crippen LogP contribution in [-0.2, 0) is 14.3 Å². The molecule has 7 nitrogen and oxygen atoms in total. The van der Waals surface area contributed by atoms with E-state index in [-0.39, 0.29) is 23.8 Å².